The van der Waals surface area contributed by atoms with Crippen molar-refractivity contribution < 1.29 is 22.7 Å². The number of thiophene rings is 1. The lowest BCUT2D eigenvalue weighted by Crippen LogP contribution is -2.45. The van der Waals surface area contributed by atoms with E-state index in [0.717, 1.165) is 30.7 Å². The zero-order valence-corrected chi connectivity index (χ0v) is 30.0. The lowest BCUT2D eigenvalue weighted by molar-refractivity contribution is -0.126. The molecule has 1 amide bonds. The van der Waals surface area contributed by atoms with E-state index in [2.05, 4.69) is 21.4 Å². The third kappa shape index (κ3) is 6.83. The quantitative estimate of drug-likeness (QED) is 0.206. The van der Waals surface area contributed by atoms with Crippen molar-refractivity contribution in [2.45, 2.75) is 77.2 Å². The maximum absolute atomic E-state index is 15.9. The van der Waals surface area contributed by atoms with Crippen molar-refractivity contribution in [3.63, 3.8) is 0 Å². The van der Waals surface area contributed by atoms with Crippen molar-refractivity contribution >= 4 is 49.1 Å². The SMILES string of the molecule is C=CC(=O)N1CCC(N(C)c2nc(OC)nc3cc(-c4ccc(F)c5sc(N)c(C#N)c45)c(F)cc23)C1CC.CC.FC1CC2CCCN2C1. The van der Waals surface area contributed by atoms with Gasteiger partial charge in [0.25, 0.3) is 0 Å². The lowest BCUT2D eigenvalue weighted by Gasteiger charge is -2.33. The average molecular weight is 708 g/mol. The number of carbonyl (C=O) groups excluding carboxylic acids is 1. The average Bonchev–Trinajstić information content (AvgIpc) is 3.91. The summed E-state index contributed by atoms with van der Waals surface area (Å²) < 4.78 is 48.6. The molecule has 0 spiro atoms. The van der Waals surface area contributed by atoms with Crippen LogP contribution in [0.5, 0.6) is 6.01 Å². The third-order valence-corrected chi connectivity index (χ3v) is 10.9. The van der Waals surface area contributed by atoms with Crippen LogP contribution in [0.4, 0.5) is 24.0 Å². The Morgan fingerprint density at radius 3 is 2.62 bits per heavy atom. The molecule has 50 heavy (non-hydrogen) atoms. The van der Waals surface area contributed by atoms with Crippen LogP contribution in [-0.4, -0.2) is 83.8 Å². The van der Waals surface area contributed by atoms with Crippen molar-refractivity contribution in [1.29, 1.82) is 5.26 Å². The Morgan fingerprint density at radius 2 is 1.96 bits per heavy atom. The van der Waals surface area contributed by atoms with Gasteiger partial charge in [0.2, 0.25) is 5.91 Å². The molecule has 3 aliphatic heterocycles. The van der Waals surface area contributed by atoms with Crippen LogP contribution < -0.4 is 15.4 Å². The highest BCUT2D eigenvalue weighted by Gasteiger charge is 2.38. The highest BCUT2D eigenvalue weighted by atomic mass is 32.1. The zero-order chi connectivity index (χ0) is 36.3. The van der Waals surface area contributed by atoms with E-state index in [-0.39, 0.29) is 50.2 Å². The summed E-state index contributed by atoms with van der Waals surface area (Å²) >= 11 is 0.952. The van der Waals surface area contributed by atoms with Gasteiger partial charge in [0, 0.05) is 42.5 Å². The molecule has 4 aromatic rings. The van der Waals surface area contributed by atoms with Gasteiger partial charge in [-0.3, -0.25) is 9.69 Å². The summed E-state index contributed by atoms with van der Waals surface area (Å²) in [7, 11) is 3.31. The first-order valence-corrected chi connectivity index (χ1v) is 17.9. The number of amides is 1. The number of fused-ring (bicyclic) bond motifs is 3. The van der Waals surface area contributed by atoms with Gasteiger partial charge in [-0.25, -0.2) is 13.2 Å². The minimum atomic E-state index is -0.589. The molecule has 5 heterocycles. The van der Waals surface area contributed by atoms with Crippen molar-refractivity contribution in [3.8, 4) is 23.2 Å². The van der Waals surface area contributed by atoms with E-state index < -0.39 is 17.8 Å². The van der Waals surface area contributed by atoms with Crippen LogP contribution in [0.15, 0.2) is 36.9 Å². The summed E-state index contributed by atoms with van der Waals surface area (Å²) in [4.78, 5) is 27.5. The van der Waals surface area contributed by atoms with Gasteiger partial charge < -0.3 is 20.3 Å². The number of carbonyl (C=O) groups is 1. The van der Waals surface area contributed by atoms with Crippen molar-refractivity contribution in [2.24, 2.45) is 0 Å². The molecule has 2 aromatic heterocycles. The normalized spacial score (nSPS) is 21.2. The third-order valence-electron chi connectivity index (χ3n) is 9.82. The predicted molar refractivity (Wildman–Crippen MR) is 194 cm³/mol. The van der Waals surface area contributed by atoms with Gasteiger partial charge in [-0.2, -0.15) is 15.2 Å². The molecular weight excluding hydrogens is 664 g/mol. The van der Waals surface area contributed by atoms with Gasteiger partial charge in [0.15, 0.2) is 0 Å². The fourth-order valence-corrected chi connectivity index (χ4v) is 8.51. The Hall–Kier alpha value is -4.41. The molecule has 3 fully saturated rings. The fraction of sp³-hybridized carbons (Fsp3) is 0.459. The number of alkyl halides is 1. The number of rotatable bonds is 6. The molecule has 4 unspecified atom stereocenters. The Kier molecular flexibility index (Phi) is 11.5. The number of methoxy groups -OCH3 is 1. The zero-order valence-electron chi connectivity index (χ0n) is 29.2. The summed E-state index contributed by atoms with van der Waals surface area (Å²) in [5.41, 5.74) is 6.98. The van der Waals surface area contributed by atoms with Gasteiger partial charge in [-0.05, 0) is 68.5 Å². The molecule has 2 N–H and O–H groups in total. The molecule has 0 radical (unpaired) electrons. The molecule has 3 aliphatic rings. The van der Waals surface area contributed by atoms with Crippen LogP contribution in [-0.2, 0) is 4.79 Å². The molecular formula is C37H44F3N7O2S. The minimum absolute atomic E-state index is 0.0758. The van der Waals surface area contributed by atoms with E-state index in [4.69, 9.17) is 10.5 Å². The van der Waals surface area contributed by atoms with Crippen molar-refractivity contribution in [3.05, 3.63) is 54.1 Å². The summed E-state index contributed by atoms with van der Waals surface area (Å²) in [5.74, 6) is -0.795. The molecule has 9 nitrogen and oxygen atoms in total. The highest BCUT2D eigenvalue weighted by Crippen LogP contribution is 2.43. The first-order valence-electron chi connectivity index (χ1n) is 17.1. The molecule has 2 aromatic carbocycles. The second kappa shape index (κ2) is 15.6. The number of aromatic nitrogens is 2. The number of benzene rings is 2. The number of anilines is 2. The topological polar surface area (TPSA) is 112 Å². The Morgan fingerprint density at radius 1 is 1.20 bits per heavy atom. The van der Waals surface area contributed by atoms with Crippen molar-refractivity contribution in [1.82, 2.24) is 19.8 Å². The van der Waals surface area contributed by atoms with Crippen LogP contribution in [0, 0.1) is 23.0 Å². The van der Waals surface area contributed by atoms with E-state index >= 15 is 4.39 Å². The van der Waals surface area contributed by atoms with Crippen LogP contribution >= 0.6 is 11.3 Å². The minimum Gasteiger partial charge on any atom is -0.467 e. The first kappa shape index (κ1) is 36.9. The number of hydrogen-bond donors (Lipinski definition) is 1. The van der Waals surface area contributed by atoms with Crippen molar-refractivity contribution in [2.75, 3.05) is 44.4 Å². The summed E-state index contributed by atoms with van der Waals surface area (Å²) in [6, 6.07) is 8.13. The van der Waals surface area contributed by atoms with Crippen LogP contribution in [0.25, 0.3) is 32.1 Å². The Bertz CT molecular complexity index is 1920. The smallest absolute Gasteiger partial charge is 0.318 e. The molecule has 0 bridgehead atoms. The monoisotopic (exact) mass is 707 g/mol. The number of hydrogen-bond acceptors (Lipinski definition) is 9. The largest absolute Gasteiger partial charge is 0.467 e. The summed E-state index contributed by atoms with van der Waals surface area (Å²) in [6.07, 6.45) is 5.55. The fourth-order valence-electron chi connectivity index (χ4n) is 7.56. The number of ether oxygens (including phenoxy) is 1. The molecule has 7 rings (SSSR count). The Labute approximate surface area is 295 Å². The lowest BCUT2D eigenvalue weighted by atomic mass is 9.97. The molecule has 0 saturated carbocycles. The van der Waals surface area contributed by atoms with E-state index in [1.807, 2.05) is 38.8 Å². The molecule has 0 aliphatic carbocycles. The van der Waals surface area contributed by atoms with E-state index in [0.29, 0.717) is 47.8 Å². The first-order chi connectivity index (χ1) is 24.1. The maximum Gasteiger partial charge on any atom is 0.318 e. The number of likely N-dealkylation sites (N-methyl/N-ethyl adjacent to an activating group) is 1. The van der Waals surface area contributed by atoms with Crippen LogP contribution in [0.3, 0.4) is 0 Å². The maximum atomic E-state index is 15.9. The number of halogens is 3. The highest BCUT2D eigenvalue weighted by molar-refractivity contribution is 7.23. The number of nitrogens with two attached hydrogens (primary N) is 1. The molecule has 4 atom stereocenters. The standard InChI is InChI=1S/C28H26F2N6O2S.C7H12FN.C2H6/c1-5-21-22(9-10-36(21)23(37)6-2)35(3)27-16-11-19(30)15(12-20(16)33-28(34-27)38-4)14-7-8-18(29)25-24(14)17(13-31)26(32)39-25;8-6-4-7-2-1-3-9(7)5-6;1-2/h6-8,11-12,21-22H,2,5,9-10,32H2,1,3-4H3;6-7H,1-5H2;1-2H3. The molecule has 3 saturated heterocycles. The van der Waals surface area contributed by atoms with Gasteiger partial charge in [-0.1, -0.05) is 33.4 Å². The second-order valence-corrected chi connectivity index (χ2v) is 13.5. The van der Waals surface area contributed by atoms with Crippen LogP contribution in [0.1, 0.15) is 58.4 Å². The van der Waals surface area contributed by atoms with E-state index in [1.54, 1.807) is 11.0 Å². The van der Waals surface area contributed by atoms with Gasteiger partial charge in [0.05, 0.1) is 35.0 Å². The van der Waals surface area contributed by atoms with Gasteiger partial charge >= 0.3 is 6.01 Å². The van der Waals surface area contributed by atoms with E-state index in [1.165, 1.54) is 44.2 Å². The Balaban J connectivity index is 0.000000376. The number of nitrogens with zero attached hydrogens (tertiary/aromatic N) is 6. The van der Waals surface area contributed by atoms with Crippen LogP contribution in [0.2, 0.25) is 0 Å². The second-order valence-electron chi connectivity index (χ2n) is 12.4. The molecule has 13 heteroatoms. The summed E-state index contributed by atoms with van der Waals surface area (Å²) in [5, 5.41) is 10.6. The predicted octanol–water partition coefficient (Wildman–Crippen LogP) is 7.47. The van der Waals surface area contributed by atoms with E-state index in [9.17, 15) is 18.8 Å². The number of nitrogen functional groups attached to an aromatic ring is 1. The van der Waals surface area contributed by atoms with Gasteiger partial charge in [0.1, 0.15) is 34.7 Å². The van der Waals surface area contributed by atoms with Gasteiger partial charge in [-0.15, -0.1) is 11.3 Å². The number of nitriles is 1. The summed E-state index contributed by atoms with van der Waals surface area (Å²) in [6.45, 7) is 12.1. The molecule has 266 valence electrons. The number of likely N-dealkylation sites (tertiary alicyclic amines) is 1.